The van der Waals surface area contributed by atoms with Crippen LogP contribution in [-0.4, -0.2) is 44.0 Å². The van der Waals surface area contributed by atoms with Crippen molar-refractivity contribution in [1.29, 1.82) is 0 Å². The van der Waals surface area contributed by atoms with Crippen LogP contribution in [0.3, 0.4) is 0 Å². The van der Waals surface area contributed by atoms with Gasteiger partial charge in [-0.25, -0.2) is 0 Å². The lowest BCUT2D eigenvalue weighted by molar-refractivity contribution is 0.0563. The van der Waals surface area contributed by atoms with Crippen LogP contribution < -0.4 is 0 Å². The number of hydrogen-bond donors (Lipinski definition) is 0. The Kier molecular flexibility index (Phi) is 3.30. The minimum atomic E-state index is -0.0775. The van der Waals surface area contributed by atoms with Gasteiger partial charge in [0.2, 0.25) is 11.7 Å². The fourth-order valence-corrected chi connectivity index (χ4v) is 2.45. The first kappa shape index (κ1) is 13.6. The van der Waals surface area contributed by atoms with Crippen molar-refractivity contribution in [2.45, 2.75) is 5.92 Å². The molecule has 23 heavy (non-hydrogen) atoms. The maximum absolute atomic E-state index is 12.2. The average molecular weight is 307 g/mol. The first-order valence-corrected chi connectivity index (χ1v) is 7.26. The van der Waals surface area contributed by atoms with Gasteiger partial charge in [0.1, 0.15) is 11.4 Å². The molecule has 1 aliphatic heterocycles. The Morgan fingerprint density at radius 3 is 2.57 bits per heavy atom. The molecule has 0 unspecified atom stereocenters. The van der Waals surface area contributed by atoms with Gasteiger partial charge in [0.05, 0.1) is 5.92 Å². The van der Waals surface area contributed by atoms with Crippen molar-refractivity contribution in [3.8, 4) is 11.5 Å². The fraction of sp³-hybridized carbons (Fsp3) is 0.188. The second-order valence-electron chi connectivity index (χ2n) is 5.29. The van der Waals surface area contributed by atoms with Crippen LogP contribution >= 0.6 is 0 Å². The van der Waals surface area contributed by atoms with E-state index in [0.29, 0.717) is 36.2 Å². The van der Waals surface area contributed by atoms with Crippen molar-refractivity contribution < 1.29 is 9.32 Å². The largest absolute Gasteiger partial charge is 0.338 e. The zero-order valence-electron chi connectivity index (χ0n) is 12.2. The van der Waals surface area contributed by atoms with Crippen LogP contribution in [0.2, 0.25) is 0 Å². The van der Waals surface area contributed by atoms with E-state index in [9.17, 15) is 4.79 Å². The third kappa shape index (κ3) is 2.57. The highest BCUT2D eigenvalue weighted by Crippen LogP contribution is 2.28. The van der Waals surface area contributed by atoms with Gasteiger partial charge in [-0.3, -0.25) is 14.8 Å². The molecule has 0 atom stereocenters. The summed E-state index contributed by atoms with van der Waals surface area (Å²) in [4.78, 5) is 26.6. The number of carbonyl (C=O) groups is 1. The number of aromatic nitrogens is 4. The second-order valence-corrected chi connectivity index (χ2v) is 5.29. The van der Waals surface area contributed by atoms with Gasteiger partial charge >= 0.3 is 0 Å². The average Bonchev–Trinajstić information content (AvgIpc) is 3.05. The summed E-state index contributed by atoms with van der Waals surface area (Å²) in [6.45, 7) is 1.11. The zero-order chi connectivity index (χ0) is 15.6. The predicted molar refractivity (Wildman–Crippen MR) is 80.4 cm³/mol. The predicted octanol–water partition coefficient (Wildman–Crippen LogP) is 1.77. The van der Waals surface area contributed by atoms with E-state index < -0.39 is 0 Å². The van der Waals surface area contributed by atoms with Crippen molar-refractivity contribution in [2.24, 2.45) is 0 Å². The summed E-state index contributed by atoms with van der Waals surface area (Å²) in [7, 11) is 0. The third-order valence-electron chi connectivity index (χ3n) is 3.74. The van der Waals surface area contributed by atoms with Crippen molar-refractivity contribution in [3.63, 3.8) is 0 Å². The quantitative estimate of drug-likeness (QED) is 0.733. The van der Waals surface area contributed by atoms with E-state index in [1.165, 1.54) is 0 Å². The summed E-state index contributed by atoms with van der Waals surface area (Å²) in [5.74, 6) is 0.991. The van der Waals surface area contributed by atoms with Crippen LogP contribution in [-0.2, 0) is 0 Å². The van der Waals surface area contributed by atoms with Crippen LogP contribution in [0.5, 0.6) is 0 Å². The van der Waals surface area contributed by atoms with Gasteiger partial charge in [-0.15, -0.1) is 0 Å². The topological polar surface area (TPSA) is 85.0 Å². The molecule has 1 amide bonds. The molecule has 4 heterocycles. The maximum Gasteiger partial charge on any atom is 0.272 e. The SMILES string of the molecule is O=C(c1ccccn1)N1CC(c2nc(-c3ccccn3)no2)C1. The Morgan fingerprint density at radius 1 is 1.09 bits per heavy atom. The summed E-state index contributed by atoms with van der Waals surface area (Å²) in [6.07, 6.45) is 3.30. The molecular formula is C16H13N5O2. The van der Waals surface area contributed by atoms with Crippen LogP contribution in [0.15, 0.2) is 53.3 Å². The highest BCUT2D eigenvalue weighted by Gasteiger charge is 2.36. The second kappa shape index (κ2) is 5.60. The summed E-state index contributed by atoms with van der Waals surface area (Å²) in [6, 6.07) is 10.8. The molecule has 1 aliphatic rings. The van der Waals surface area contributed by atoms with Gasteiger partial charge in [-0.2, -0.15) is 4.98 Å². The molecule has 0 aromatic carbocycles. The molecule has 0 aliphatic carbocycles. The summed E-state index contributed by atoms with van der Waals surface area (Å²) in [5.41, 5.74) is 1.12. The third-order valence-corrected chi connectivity index (χ3v) is 3.74. The molecule has 3 aromatic rings. The standard InChI is InChI=1S/C16H13N5O2/c22-16(13-6-2-4-8-18-13)21-9-11(10-21)15-19-14(20-23-15)12-5-1-3-7-17-12/h1-8,11H,9-10H2. The molecule has 1 fully saturated rings. The van der Waals surface area contributed by atoms with E-state index >= 15 is 0 Å². The number of nitrogens with zero attached hydrogens (tertiary/aromatic N) is 5. The normalized spacial score (nSPS) is 14.5. The van der Waals surface area contributed by atoms with E-state index in [-0.39, 0.29) is 11.8 Å². The van der Waals surface area contributed by atoms with Crippen molar-refractivity contribution >= 4 is 5.91 Å². The fourth-order valence-electron chi connectivity index (χ4n) is 2.45. The van der Waals surface area contributed by atoms with Gasteiger partial charge in [-0.1, -0.05) is 17.3 Å². The Balaban J connectivity index is 1.43. The van der Waals surface area contributed by atoms with Crippen LogP contribution in [0.25, 0.3) is 11.5 Å². The smallest absolute Gasteiger partial charge is 0.272 e. The van der Waals surface area contributed by atoms with Gasteiger partial charge < -0.3 is 9.42 Å². The molecule has 3 aromatic heterocycles. The van der Waals surface area contributed by atoms with Gasteiger partial charge in [0, 0.05) is 25.5 Å². The van der Waals surface area contributed by atoms with Crippen molar-refractivity contribution in [3.05, 3.63) is 60.4 Å². The molecule has 4 rings (SSSR count). The minimum Gasteiger partial charge on any atom is -0.338 e. The molecule has 0 saturated carbocycles. The summed E-state index contributed by atoms with van der Waals surface area (Å²) >= 11 is 0. The molecule has 0 bridgehead atoms. The van der Waals surface area contributed by atoms with E-state index in [4.69, 9.17) is 4.52 Å². The number of likely N-dealkylation sites (tertiary alicyclic amines) is 1. The number of pyridine rings is 2. The van der Waals surface area contributed by atoms with Crippen molar-refractivity contribution in [2.75, 3.05) is 13.1 Å². The molecule has 0 spiro atoms. The molecular weight excluding hydrogens is 294 g/mol. The Morgan fingerprint density at radius 2 is 1.87 bits per heavy atom. The van der Waals surface area contributed by atoms with Crippen LogP contribution in [0.4, 0.5) is 0 Å². The first-order chi connectivity index (χ1) is 11.3. The Labute approximate surface area is 132 Å². The lowest BCUT2D eigenvalue weighted by Gasteiger charge is -2.36. The lowest BCUT2D eigenvalue weighted by atomic mass is 9.99. The molecule has 114 valence electrons. The van der Waals surface area contributed by atoms with Gasteiger partial charge in [0.15, 0.2) is 0 Å². The molecule has 0 N–H and O–H groups in total. The number of hydrogen-bond acceptors (Lipinski definition) is 6. The maximum atomic E-state index is 12.2. The zero-order valence-corrected chi connectivity index (χ0v) is 12.2. The van der Waals surface area contributed by atoms with Crippen LogP contribution in [0.1, 0.15) is 22.3 Å². The van der Waals surface area contributed by atoms with E-state index in [2.05, 4.69) is 20.1 Å². The van der Waals surface area contributed by atoms with E-state index in [1.54, 1.807) is 35.5 Å². The molecule has 1 saturated heterocycles. The molecule has 0 radical (unpaired) electrons. The monoisotopic (exact) mass is 307 g/mol. The van der Waals surface area contributed by atoms with Crippen LogP contribution in [0, 0.1) is 0 Å². The highest BCUT2D eigenvalue weighted by molar-refractivity contribution is 5.92. The Bertz CT molecular complexity index is 813. The van der Waals surface area contributed by atoms with E-state index in [1.807, 2.05) is 18.2 Å². The van der Waals surface area contributed by atoms with Gasteiger partial charge in [0.25, 0.3) is 5.91 Å². The minimum absolute atomic E-state index is 0.0626. The number of rotatable bonds is 3. The number of amides is 1. The summed E-state index contributed by atoms with van der Waals surface area (Å²) < 4.78 is 5.30. The van der Waals surface area contributed by atoms with Gasteiger partial charge in [-0.05, 0) is 24.3 Å². The number of carbonyl (C=O) groups excluding carboxylic acids is 1. The summed E-state index contributed by atoms with van der Waals surface area (Å²) in [5, 5.41) is 3.95. The van der Waals surface area contributed by atoms with Crippen molar-refractivity contribution in [1.82, 2.24) is 25.0 Å². The molecule has 7 heteroatoms. The Hall–Kier alpha value is -3.09. The molecule has 7 nitrogen and oxygen atoms in total. The first-order valence-electron chi connectivity index (χ1n) is 7.26. The highest BCUT2D eigenvalue weighted by atomic mass is 16.5. The lowest BCUT2D eigenvalue weighted by Crippen LogP contribution is -2.48. The van der Waals surface area contributed by atoms with E-state index in [0.717, 1.165) is 0 Å².